The Bertz CT molecular complexity index is 349. The lowest BCUT2D eigenvalue weighted by Gasteiger charge is -2.07. The van der Waals surface area contributed by atoms with Crippen LogP contribution in [0.3, 0.4) is 0 Å². The zero-order chi connectivity index (χ0) is 9.97. The Hall–Kier alpha value is -1.51. The van der Waals surface area contributed by atoms with Gasteiger partial charge in [0.2, 0.25) is 0 Å². The molecule has 74 valence electrons. The molecule has 1 amide bonds. The molecule has 0 spiro atoms. The van der Waals surface area contributed by atoms with E-state index in [-0.39, 0.29) is 12.1 Å². The maximum Gasteiger partial charge on any atom is 0.407 e. The second kappa shape index (κ2) is 3.70. The van der Waals surface area contributed by atoms with E-state index in [1.807, 2.05) is 6.07 Å². The molecule has 0 aliphatic carbocycles. The molecule has 3 nitrogen and oxygen atoms in total. The molecule has 0 aromatic heterocycles. The maximum atomic E-state index is 10.8. The SMILES string of the molecule is Cc1cccc(CC2COC(=O)N2)c1. The smallest absolute Gasteiger partial charge is 0.407 e. The van der Waals surface area contributed by atoms with Crippen LogP contribution in [0, 0.1) is 6.92 Å². The van der Waals surface area contributed by atoms with Crippen molar-refractivity contribution in [3.63, 3.8) is 0 Å². The lowest BCUT2D eigenvalue weighted by atomic mass is 10.0. The molecule has 2 rings (SSSR count). The van der Waals surface area contributed by atoms with Gasteiger partial charge in [0.1, 0.15) is 6.61 Å². The highest BCUT2D eigenvalue weighted by molar-refractivity contribution is 5.69. The Labute approximate surface area is 83.1 Å². The molecule has 1 heterocycles. The van der Waals surface area contributed by atoms with E-state index in [1.165, 1.54) is 11.1 Å². The van der Waals surface area contributed by atoms with Crippen molar-refractivity contribution in [1.82, 2.24) is 5.32 Å². The van der Waals surface area contributed by atoms with Crippen molar-refractivity contribution >= 4 is 6.09 Å². The topological polar surface area (TPSA) is 38.3 Å². The van der Waals surface area contributed by atoms with E-state index in [2.05, 4.69) is 30.4 Å². The van der Waals surface area contributed by atoms with E-state index in [0.29, 0.717) is 6.61 Å². The predicted molar refractivity (Wildman–Crippen MR) is 53.2 cm³/mol. The van der Waals surface area contributed by atoms with Crippen LogP contribution < -0.4 is 5.32 Å². The molecule has 0 radical (unpaired) electrons. The summed E-state index contributed by atoms with van der Waals surface area (Å²) in [5.74, 6) is 0. The van der Waals surface area contributed by atoms with Gasteiger partial charge < -0.3 is 10.1 Å². The molecule has 1 aliphatic heterocycles. The minimum absolute atomic E-state index is 0.129. The lowest BCUT2D eigenvalue weighted by Crippen LogP contribution is -2.28. The van der Waals surface area contributed by atoms with E-state index < -0.39 is 0 Å². The second-order valence-corrected chi connectivity index (χ2v) is 3.63. The van der Waals surface area contributed by atoms with Gasteiger partial charge >= 0.3 is 6.09 Å². The summed E-state index contributed by atoms with van der Waals surface area (Å²) in [6.45, 7) is 2.54. The number of rotatable bonds is 2. The third-order valence-corrected chi connectivity index (χ3v) is 2.30. The summed E-state index contributed by atoms with van der Waals surface area (Å²) >= 11 is 0. The first-order chi connectivity index (χ1) is 6.74. The number of carbonyl (C=O) groups is 1. The van der Waals surface area contributed by atoms with Crippen molar-refractivity contribution in [2.75, 3.05) is 6.61 Å². The number of ether oxygens (including phenoxy) is 1. The summed E-state index contributed by atoms with van der Waals surface area (Å²) < 4.78 is 4.82. The number of hydrogen-bond donors (Lipinski definition) is 1. The largest absolute Gasteiger partial charge is 0.447 e. The fraction of sp³-hybridized carbons (Fsp3) is 0.364. The predicted octanol–water partition coefficient (Wildman–Crippen LogP) is 1.65. The monoisotopic (exact) mass is 191 g/mol. The fourth-order valence-electron chi connectivity index (χ4n) is 1.66. The number of amides is 1. The van der Waals surface area contributed by atoms with Crippen molar-refractivity contribution in [1.29, 1.82) is 0 Å². The molecule has 1 unspecified atom stereocenters. The number of nitrogens with one attached hydrogen (secondary N) is 1. The van der Waals surface area contributed by atoms with Crippen molar-refractivity contribution in [3.8, 4) is 0 Å². The van der Waals surface area contributed by atoms with Crippen LogP contribution in [0.15, 0.2) is 24.3 Å². The van der Waals surface area contributed by atoms with Gasteiger partial charge in [-0.3, -0.25) is 0 Å². The van der Waals surface area contributed by atoms with E-state index in [1.54, 1.807) is 0 Å². The van der Waals surface area contributed by atoms with E-state index in [0.717, 1.165) is 6.42 Å². The van der Waals surface area contributed by atoms with Gasteiger partial charge in [0.05, 0.1) is 6.04 Å². The summed E-state index contributed by atoms with van der Waals surface area (Å²) in [4.78, 5) is 10.8. The third kappa shape index (κ3) is 2.05. The minimum Gasteiger partial charge on any atom is -0.447 e. The standard InChI is InChI=1S/C11H13NO2/c1-8-3-2-4-9(5-8)6-10-7-14-11(13)12-10/h2-5,10H,6-7H2,1H3,(H,12,13). The fourth-order valence-corrected chi connectivity index (χ4v) is 1.66. The second-order valence-electron chi connectivity index (χ2n) is 3.63. The Morgan fingerprint density at radius 3 is 3.07 bits per heavy atom. The van der Waals surface area contributed by atoms with Gasteiger partial charge in [0.15, 0.2) is 0 Å². The molecule has 1 N–H and O–H groups in total. The molecular formula is C11H13NO2. The van der Waals surface area contributed by atoms with Crippen LogP contribution in [0.5, 0.6) is 0 Å². The van der Waals surface area contributed by atoms with Crippen LogP contribution in [0.1, 0.15) is 11.1 Å². The van der Waals surface area contributed by atoms with Crippen LogP contribution in [-0.4, -0.2) is 18.7 Å². The van der Waals surface area contributed by atoms with E-state index >= 15 is 0 Å². The number of hydrogen-bond acceptors (Lipinski definition) is 2. The molecule has 1 atom stereocenters. The molecular weight excluding hydrogens is 178 g/mol. The highest BCUT2D eigenvalue weighted by atomic mass is 16.6. The summed E-state index contributed by atoms with van der Waals surface area (Å²) in [5.41, 5.74) is 2.48. The quantitative estimate of drug-likeness (QED) is 0.771. The molecule has 0 saturated carbocycles. The average molecular weight is 191 g/mol. The van der Waals surface area contributed by atoms with Crippen LogP contribution in [0.4, 0.5) is 4.79 Å². The highest BCUT2D eigenvalue weighted by Crippen LogP contribution is 2.09. The molecule has 14 heavy (non-hydrogen) atoms. The van der Waals surface area contributed by atoms with Crippen molar-refractivity contribution in [2.45, 2.75) is 19.4 Å². The molecule has 1 aliphatic rings. The zero-order valence-corrected chi connectivity index (χ0v) is 8.12. The van der Waals surface area contributed by atoms with Crippen LogP contribution in [0.25, 0.3) is 0 Å². The molecule has 1 fully saturated rings. The summed E-state index contributed by atoms with van der Waals surface area (Å²) in [6, 6.07) is 8.42. The first-order valence-corrected chi connectivity index (χ1v) is 4.73. The maximum absolute atomic E-state index is 10.8. The number of aryl methyl sites for hydroxylation is 1. The van der Waals surface area contributed by atoms with Crippen LogP contribution in [0.2, 0.25) is 0 Å². The molecule has 3 heteroatoms. The van der Waals surface area contributed by atoms with Gasteiger partial charge in [-0.1, -0.05) is 29.8 Å². The van der Waals surface area contributed by atoms with Gasteiger partial charge in [-0.2, -0.15) is 0 Å². The Morgan fingerprint density at radius 2 is 2.43 bits per heavy atom. The van der Waals surface area contributed by atoms with Crippen molar-refractivity contribution < 1.29 is 9.53 Å². The Kier molecular flexibility index (Phi) is 2.39. The molecule has 1 aromatic carbocycles. The van der Waals surface area contributed by atoms with Crippen LogP contribution >= 0.6 is 0 Å². The Morgan fingerprint density at radius 1 is 1.57 bits per heavy atom. The van der Waals surface area contributed by atoms with Crippen molar-refractivity contribution in [2.24, 2.45) is 0 Å². The normalized spacial score (nSPS) is 20.4. The van der Waals surface area contributed by atoms with Gasteiger partial charge in [-0.25, -0.2) is 4.79 Å². The molecule has 0 bridgehead atoms. The first-order valence-electron chi connectivity index (χ1n) is 4.73. The Balaban J connectivity index is 2.00. The van der Waals surface area contributed by atoms with Crippen LogP contribution in [-0.2, 0) is 11.2 Å². The number of alkyl carbamates (subject to hydrolysis) is 1. The summed E-state index contributed by atoms with van der Waals surface area (Å²) in [7, 11) is 0. The molecule has 1 saturated heterocycles. The third-order valence-electron chi connectivity index (χ3n) is 2.30. The van der Waals surface area contributed by atoms with Gasteiger partial charge in [-0.05, 0) is 18.9 Å². The number of cyclic esters (lactones) is 1. The summed E-state index contributed by atoms with van der Waals surface area (Å²) in [5, 5.41) is 2.76. The van der Waals surface area contributed by atoms with Gasteiger partial charge in [-0.15, -0.1) is 0 Å². The van der Waals surface area contributed by atoms with Crippen molar-refractivity contribution in [3.05, 3.63) is 35.4 Å². The highest BCUT2D eigenvalue weighted by Gasteiger charge is 2.21. The minimum atomic E-state index is -0.303. The summed E-state index contributed by atoms with van der Waals surface area (Å²) in [6.07, 6.45) is 0.538. The zero-order valence-electron chi connectivity index (χ0n) is 8.12. The number of benzene rings is 1. The van der Waals surface area contributed by atoms with E-state index in [4.69, 9.17) is 4.74 Å². The number of carbonyl (C=O) groups excluding carboxylic acids is 1. The average Bonchev–Trinajstić information content (AvgIpc) is 2.51. The lowest BCUT2D eigenvalue weighted by molar-refractivity contribution is 0.177. The van der Waals surface area contributed by atoms with E-state index in [9.17, 15) is 4.79 Å². The van der Waals surface area contributed by atoms with Gasteiger partial charge in [0.25, 0.3) is 0 Å². The van der Waals surface area contributed by atoms with Gasteiger partial charge in [0, 0.05) is 0 Å². The molecule has 1 aromatic rings. The first kappa shape index (κ1) is 9.06.